The molecular weight excluding hydrogens is 150 g/mol. The molecule has 1 aliphatic carbocycles. The van der Waals surface area contributed by atoms with Gasteiger partial charge in [0.25, 0.3) is 0 Å². The first kappa shape index (κ1) is 9.04. The van der Waals surface area contributed by atoms with E-state index in [4.69, 9.17) is 0 Å². The summed E-state index contributed by atoms with van der Waals surface area (Å²) in [5.41, 5.74) is 0. The molecule has 0 N–H and O–H groups in total. The molecule has 0 radical (unpaired) electrons. The fraction of sp³-hybridized carbons (Fsp3) is 0.500. The molecule has 0 heterocycles. The summed E-state index contributed by atoms with van der Waals surface area (Å²) in [4.78, 5) is 12.9. The van der Waals surface area contributed by atoms with Crippen molar-refractivity contribution in [2.24, 2.45) is 0 Å². The first-order chi connectivity index (χ1) is 5.75. The van der Waals surface area contributed by atoms with E-state index in [-0.39, 0.29) is 5.91 Å². The molecular formula is C10H15NO. The fourth-order valence-electron chi connectivity index (χ4n) is 1.30. The van der Waals surface area contributed by atoms with E-state index in [1.165, 1.54) is 6.42 Å². The summed E-state index contributed by atoms with van der Waals surface area (Å²) in [7, 11) is 0. The largest absolute Gasteiger partial charge is 0.316 e. The molecule has 1 fully saturated rings. The molecule has 1 amide bonds. The third kappa shape index (κ3) is 1.97. The van der Waals surface area contributed by atoms with Crippen LogP contribution >= 0.6 is 0 Å². The maximum absolute atomic E-state index is 11.1. The van der Waals surface area contributed by atoms with Gasteiger partial charge in [-0.1, -0.05) is 12.7 Å². The van der Waals surface area contributed by atoms with Crippen molar-refractivity contribution in [3.8, 4) is 0 Å². The minimum absolute atomic E-state index is 0.123. The van der Waals surface area contributed by atoms with Crippen LogP contribution in [-0.2, 0) is 4.79 Å². The van der Waals surface area contributed by atoms with Crippen LogP contribution in [0.2, 0.25) is 0 Å². The van der Waals surface area contributed by atoms with Crippen LogP contribution in [0.25, 0.3) is 0 Å². The van der Waals surface area contributed by atoms with Crippen molar-refractivity contribution in [3.05, 3.63) is 24.9 Å². The number of amides is 1. The van der Waals surface area contributed by atoms with Crippen molar-refractivity contribution in [1.29, 1.82) is 0 Å². The molecule has 12 heavy (non-hydrogen) atoms. The number of hydrogen-bond donors (Lipinski definition) is 0. The van der Waals surface area contributed by atoms with E-state index in [9.17, 15) is 4.79 Å². The highest BCUT2D eigenvalue weighted by atomic mass is 16.2. The normalized spacial score (nSPS) is 17.4. The molecule has 66 valence electrons. The quantitative estimate of drug-likeness (QED) is 0.586. The molecule has 1 saturated carbocycles. The van der Waals surface area contributed by atoms with E-state index in [0.717, 1.165) is 12.8 Å². The average molecular weight is 165 g/mol. The van der Waals surface area contributed by atoms with Gasteiger partial charge in [-0.3, -0.25) is 4.79 Å². The van der Waals surface area contributed by atoms with Gasteiger partial charge >= 0.3 is 0 Å². The zero-order valence-corrected chi connectivity index (χ0v) is 7.49. The molecule has 1 aliphatic rings. The van der Waals surface area contributed by atoms with Gasteiger partial charge in [-0.15, -0.1) is 0 Å². The van der Waals surface area contributed by atoms with E-state index in [1.54, 1.807) is 24.0 Å². The third-order valence-electron chi connectivity index (χ3n) is 2.21. The number of carbonyl (C=O) groups excluding carboxylic acids is 1. The van der Waals surface area contributed by atoms with Crippen LogP contribution in [0.4, 0.5) is 0 Å². The second-order valence-corrected chi connectivity index (χ2v) is 3.09. The van der Waals surface area contributed by atoms with Gasteiger partial charge in [0.05, 0.1) is 0 Å². The standard InChI is InChI=1S/C10H15NO/c1-3-4-8-11(9(2)12)10-6-5-7-10/h3-4,8,10H,1,5-7H2,2H3/b8-4-. The zero-order chi connectivity index (χ0) is 8.97. The van der Waals surface area contributed by atoms with Gasteiger partial charge in [0.1, 0.15) is 0 Å². The molecule has 0 bridgehead atoms. The summed E-state index contributed by atoms with van der Waals surface area (Å²) < 4.78 is 0. The Bertz CT molecular complexity index is 204. The molecule has 2 heteroatoms. The van der Waals surface area contributed by atoms with Crippen molar-refractivity contribution < 1.29 is 4.79 Å². The Morgan fingerprint density at radius 2 is 2.25 bits per heavy atom. The Morgan fingerprint density at radius 3 is 2.58 bits per heavy atom. The highest BCUT2D eigenvalue weighted by Crippen LogP contribution is 2.24. The van der Waals surface area contributed by atoms with Gasteiger partial charge in [-0.05, 0) is 25.3 Å². The topological polar surface area (TPSA) is 20.3 Å². The van der Waals surface area contributed by atoms with E-state index < -0.39 is 0 Å². The van der Waals surface area contributed by atoms with Gasteiger partial charge in [0.2, 0.25) is 5.91 Å². The molecule has 0 saturated heterocycles. The van der Waals surface area contributed by atoms with Crippen LogP contribution in [0.3, 0.4) is 0 Å². The van der Waals surface area contributed by atoms with Gasteiger partial charge in [0.15, 0.2) is 0 Å². The Morgan fingerprint density at radius 1 is 1.58 bits per heavy atom. The fourth-order valence-corrected chi connectivity index (χ4v) is 1.30. The molecule has 0 aromatic carbocycles. The summed E-state index contributed by atoms with van der Waals surface area (Å²) in [5, 5.41) is 0. The summed E-state index contributed by atoms with van der Waals surface area (Å²) in [6, 6.07) is 0.443. The summed E-state index contributed by atoms with van der Waals surface area (Å²) in [5.74, 6) is 0.123. The second kappa shape index (κ2) is 4.10. The Balaban J connectivity index is 2.53. The first-order valence-electron chi connectivity index (χ1n) is 4.34. The van der Waals surface area contributed by atoms with Crippen LogP contribution in [0.5, 0.6) is 0 Å². The second-order valence-electron chi connectivity index (χ2n) is 3.09. The van der Waals surface area contributed by atoms with E-state index >= 15 is 0 Å². The number of nitrogens with zero attached hydrogens (tertiary/aromatic N) is 1. The lowest BCUT2D eigenvalue weighted by Crippen LogP contribution is -2.39. The van der Waals surface area contributed by atoms with Gasteiger partial charge < -0.3 is 4.90 Å². The Labute approximate surface area is 73.6 Å². The third-order valence-corrected chi connectivity index (χ3v) is 2.21. The average Bonchev–Trinajstić information content (AvgIpc) is 1.93. The lowest BCUT2D eigenvalue weighted by Gasteiger charge is -2.34. The van der Waals surface area contributed by atoms with E-state index in [0.29, 0.717) is 6.04 Å². The highest BCUT2D eigenvalue weighted by molar-refractivity contribution is 5.74. The first-order valence-corrected chi connectivity index (χ1v) is 4.34. The van der Waals surface area contributed by atoms with Crippen molar-refractivity contribution in [3.63, 3.8) is 0 Å². The molecule has 1 rings (SSSR count). The Kier molecular flexibility index (Phi) is 3.09. The molecule has 0 atom stereocenters. The summed E-state index contributed by atoms with van der Waals surface area (Å²) in [6.45, 7) is 5.17. The number of carbonyl (C=O) groups is 1. The van der Waals surface area contributed by atoms with Crippen LogP contribution < -0.4 is 0 Å². The van der Waals surface area contributed by atoms with E-state index in [2.05, 4.69) is 6.58 Å². The van der Waals surface area contributed by atoms with Crippen molar-refractivity contribution in [2.45, 2.75) is 32.2 Å². The lowest BCUT2D eigenvalue weighted by atomic mass is 9.92. The molecule has 0 spiro atoms. The van der Waals surface area contributed by atoms with Crippen LogP contribution in [0, 0.1) is 0 Å². The van der Waals surface area contributed by atoms with Crippen LogP contribution in [0.1, 0.15) is 26.2 Å². The maximum atomic E-state index is 11.1. The van der Waals surface area contributed by atoms with Crippen molar-refractivity contribution in [2.75, 3.05) is 0 Å². The predicted molar refractivity (Wildman–Crippen MR) is 49.5 cm³/mol. The van der Waals surface area contributed by atoms with Gasteiger partial charge in [-0.25, -0.2) is 0 Å². The minimum atomic E-state index is 0.123. The Hall–Kier alpha value is -1.05. The SMILES string of the molecule is C=C/C=C\N(C(C)=O)C1CCC1. The molecule has 0 aromatic rings. The van der Waals surface area contributed by atoms with Crippen molar-refractivity contribution >= 4 is 5.91 Å². The van der Waals surface area contributed by atoms with Crippen LogP contribution in [-0.4, -0.2) is 16.8 Å². The summed E-state index contributed by atoms with van der Waals surface area (Å²) >= 11 is 0. The van der Waals surface area contributed by atoms with Crippen molar-refractivity contribution in [1.82, 2.24) is 4.90 Å². The molecule has 0 unspecified atom stereocenters. The van der Waals surface area contributed by atoms with Gasteiger partial charge in [0, 0.05) is 19.2 Å². The number of allylic oxidation sites excluding steroid dienone is 2. The smallest absolute Gasteiger partial charge is 0.223 e. The predicted octanol–water partition coefficient (Wildman–Crippen LogP) is 2.09. The molecule has 2 nitrogen and oxygen atoms in total. The monoisotopic (exact) mass is 165 g/mol. The van der Waals surface area contributed by atoms with Crippen LogP contribution in [0.15, 0.2) is 24.9 Å². The van der Waals surface area contributed by atoms with Gasteiger partial charge in [-0.2, -0.15) is 0 Å². The highest BCUT2D eigenvalue weighted by Gasteiger charge is 2.24. The number of rotatable bonds is 3. The molecule has 0 aromatic heterocycles. The molecule has 0 aliphatic heterocycles. The number of hydrogen-bond acceptors (Lipinski definition) is 1. The summed E-state index contributed by atoms with van der Waals surface area (Å²) in [6.07, 6.45) is 8.84. The maximum Gasteiger partial charge on any atom is 0.223 e. The lowest BCUT2D eigenvalue weighted by molar-refractivity contribution is -0.129. The zero-order valence-electron chi connectivity index (χ0n) is 7.49. The minimum Gasteiger partial charge on any atom is -0.316 e. The van der Waals surface area contributed by atoms with E-state index in [1.807, 2.05) is 6.20 Å².